The van der Waals surface area contributed by atoms with E-state index in [0.29, 0.717) is 23.1 Å². The van der Waals surface area contributed by atoms with Crippen molar-refractivity contribution >= 4 is 11.6 Å². The van der Waals surface area contributed by atoms with Crippen LogP contribution >= 0.6 is 0 Å². The van der Waals surface area contributed by atoms with E-state index in [2.05, 4.69) is 31.5 Å². The van der Waals surface area contributed by atoms with Gasteiger partial charge in [-0.05, 0) is 25.1 Å². The molecule has 2 aromatic carbocycles. The highest BCUT2D eigenvalue weighted by atomic mass is 127. The van der Waals surface area contributed by atoms with Gasteiger partial charge in [-0.1, -0.05) is 42.5 Å². The summed E-state index contributed by atoms with van der Waals surface area (Å²) in [5, 5.41) is 3.00. The topological polar surface area (TPSA) is 51.5 Å². The second kappa shape index (κ2) is 10.6. The number of hydrogen-bond acceptors (Lipinski definition) is 3. The van der Waals surface area contributed by atoms with Crippen molar-refractivity contribution in [3.63, 3.8) is 0 Å². The third kappa shape index (κ3) is 5.79. The molecule has 170 valence electrons. The van der Waals surface area contributed by atoms with Crippen LogP contribution in [0.25, 0.3) is 11.3 Å². The second-order valence-corrected chi connectivity index (χ2v) is 8.88. The van der Waals surface area contributed by atoms with Gasteiger partial charge in [0.1, 0.15) is 18.1 Å². The summed E-state index contributed by atoms with van der Waals surface area (Å²) < 4.78 is 12.3. The predicted octanol–water partition coefficient (Wildman–Crippen LogP) is 2.27. The van der Waals surface area contributed by atoms with Gasteiger partial charge in [-0.2, -0.15) is 0 Å². The third-order valence-corrected chi connectivity index (χ3v) is 6.20. The molecular formula is C26H31IN2O3. The van der Waals surface area contributed by atoms with E-state index in [1.807, 2.05) is 55.5 Å². The SMILES string of the molecule is Cc1oc(-c2ccccc2)cc1C(=O)Nc1ccc(C[N+](C)(C)C2CCOCC2)cc1.[I-]. The summed E-state index contributed by atoms with van der Waals surface area (Å²) in [5.41, 5.74) is 3.56. The molecule has 1 N–H and O–H groups in total. The Balaban J connectivity index is 0.00000289. The van der Waals surface area contributed by atoms with Crippen LogP contribution in [0.2, 0.25) is 0 Å². The number of nitrogens with one attached hydrogen (secondary N) is 1. The molecule has 2 heterocycles. The third-order valence-electron chi connectivity index (χ3n) is 6.20. The summed E-state index contributed by atoms with van der Waals surface area (Å²) in [7, 11) is 4.58. The van der Waals surface area contributed by atoms with Gasteiger partial charge < -0.3 is 42.9 Å². The molecule has 3 aromatic rings. The van der Waals surface area contributed by atoms with Gasteiger partial charge >= 0.3 is 0 Å². The average molecular weight is 546 g/mol. The van der Waals surface area contributed by atoms with Crippen molar-refractivity contribution in [2.75, 3.05) is 32.6 Å². The Hall–Kier alpha value is -2.16. The minimum Gasteiger partial charge on any atom is -1.00 e. The van der Waals surface area contributed by atoms with E-state index in [1.165, 1.54) is 5.56 Å². The molecule has 0 spiro atoms. The number of halogens is 1. The molecule has 6 heteroatoms. The Kier molecular flexibility index (Phi) is 8.14. The van der Waals surface area contributed by atoms with Crippen LogP contribution in [0.1, 0.15) is 34.5 Å². The van der Waals surface area contributed by atoms with Crippen molar-refractivity contribution in [2.24, 2.45) is 0 Å². The Labute approximate surface area is 207 Å². The number of rotatable bonds is 6. The van der Waals surface area contributed by atoms with Crippen LogP contribution in [0.4, 0.5) is 5.69 Å². The van der Waals surface area contributed by atoms with Gasteiger partial charge in [-0.25, -0.2) is 0 Å². The van der Waals surface area contributed by atoms with E-state index >= 15 is 0 Å². The number of anilines is 1. The first-order valence-electron chi connectivity index (χ1n) is 10.9. The molecule has 0 radical (unpaired) electrons. The Morgan fingerprint density at radius 2 is 1.69 bits per heavy atom. The van der Waals surface area contributed by atoms with Crippen molar-refractivity contribution < 1.29 is 42.4 Å². The first kappa shape index (κ1) is 24.5. The van der Waals surface area contributed by atoms with Crippen molar-refractivity contribution in [2.45, 2.75) is 32.4 Å². The van der Waals surface area contributed by atoms with Gasteiger partial charge in [0.2, 0.25) is 0 Å². The molecule has 1 fully saturated rings. The molecule has 4 rings (SSSR count). The van der Waals surface area contributed by atoms with Gasteiger partial charge in [0.25, 0.3) is 5.91 Å². The Bertz CT molecular complexity index is 1020. The zero-order chi connectivity index (χ0) is 21.8. The zero-order valence-electron chi connectivity index (χ0n) is 18.9. The van der Waals surface area contributed by atoms with E-state index in [-0.39, 0.29) is 29.9 Å². The molecule has 0 unspecified atom stereocenters. The number of hydrogen-bond donors (Lipinski definition) is 1. The second-order valence-electron chi connectivity index (χ2n) is 8.88. The van der Waals surface area contributed by atoms with Gasteiger partial charge in [0.15, 0.2) is 0 Å². The minimum absolute atomic E-state index is 0. The zero-order valence-corrected chi connectivity index (χ0v) is 21.1. The fourth-order valence-corrected chi connectivity index (χ4v) is 4.33. The van der Waals surface area contributed by atoms with Crippen LogP contribution in [0, 0.1) is 6.92 Å². The minimum atomic E-state index is -0.158. The summed E-state index contributed by atoms with van der Waals surface area (Å²) in [4.78, 5) is 12.8. The number of carbonyl (C=O) groups is 1. The number of amides is 1. The molecule has 1 aliphatic rings. The van der Waals surface area contributed by atoms with E-state index in [4.69, 9.17) is 9.15 Å². The smallest absolute Gasteiger partial charge is 0.259 e. The van der Waals surface area contributed by atoms with E-state index < -0.39 is 0 Å². The lowest BCUT2D eigenvalue weighted by atomic mass is 10.0. The predicted molar refractivity (Wildman–Crippen MR) is 123 cm³/mol. The van der Waals surface area contributed by atoms with E-state index in [1.54, 1.807) is 0 Å². The highest BCUT2D eigenvalue weighted by Gasteiger charge is 2.30. The van der Waals surface area contributed by atoms with Crippen LogP contribution in [-0.2, 0) is 11.3 Å². The van der Waals surface area contributed by atoms with Crippen molar-refractivity contribution in [3.05, 3.63) is 77.6 Å². The first-order valence-corrected chi connectivity index (χ1v) is 10.9. The molecule has 1 aromatic heterocycles. The van der Waals surface area contributed by atoms with Gasteiger partial charge in [0, 0.05) is 29.7 Å². The van der Waals surface area contributed by atoms with Crippen molar-refractivity contribution in [1.82, 2.24) is 0 Å². The number of aryl methyl sites for hydroxylation is 1. The highest BCUT2D eigenvalue weighted by Crippen LogP contribution is 2.26. The number of nitrogens with zero attached hydrogens (tertiary/aromatic N) is 1. The molecule has 1 aliphatic heterocycles. The standard InChI is InChI=1S/C26H30N2O3.HI/c1-19-24(17-25(31-19)21-7-5-4-6-8-21)26(29)27-22-11-9-20(10-12-22)18-28(2,3)23-13-15-30-16-14-23;/h4-12,17,23H,13-16,18H2,1-3H3;1H. The average Bonchev–Trinajstić information content (AvgIpc) is 3.18. The first-order chi connectivity index (χ1) is 14.9. The quantitative estimate of drug-likeness (QED) is 0.382. The number of furan rings is 1. The summed E-state index contributed by atoms with van der Waals surface area (Å²) in [6.45, 7) is 4.49. The number of ether oxygens (including phenoxy) is 1. The molecule has 5 nitrogen and oxygen atoms in total. The summed E-state index contributed by atoms with van der Waals surface area (Å²) in [6, 6.07) is 20.4. The van der Waals surface area contributed by atoms with Crippen molar-refractivity contribution in [3.8, 4) is 11.3 Å². The molecule has 0 saturated carbocycles. The largest absolute Gasteiger partial charge is 1.00 e. The van der Waals surface area contributed by atoms with Gasteiger partial charge in [-0.3, -0.25) is 4.79 Å². The Morgan fingerprint density at radius 1 is 1.03 bits per heavy atom. The van der Waals surface area contributed by atoms with E-state index in [0.717, 1.165) is 48.3 Å². The summed E-state index contributed by atoms with van der Waals surface area (Å²) in [5.74, 6) is 1.16. The fourth-order valence-electron chi connectivity index (χ4n) is 4.33. The molecule has 1 amide bonds. The van der Waals surface area contributed by atoms with Crippen LogP contribution in [0.15, 0.2) is 65.1 Å². The normalized spacial score (nSPS) is 14.6. The maximum absolute atomic E-state index is 12.8. The lowest BCUT2D eigenvalue weighted by molar-refractivity contribution is -0.929. The molecule has 0 atom stereocenters. The van der Waals surface area contributed by atoms with Gasteiger partial charge in [-0.15, -0.1) is 0 Å². The van der Waals surface area contributed by atoms with Crippen LogP contribution in [0.3, 0.4) is 0 Å². The molecular weight excluding hydrogens is 515 g/mol. The number of quaternary nitrogens is 1. The van der Waals surface area contributed by atoms with E-state index in [9.17, 15) is 4.79 Å². The lowest BCUT2D eigenvalue weighted by Crippen LogP contribution is -3.00. The maximum atomic E-state index is 12.8. The summed E-state index contributed by atoms with van der Waals surface area (Å²) >= 11 is 0. The number of benzene rings is 2. The lowest BCUT2D eigenvalue weighted by Gasteiger charge is -2.40. The molecule has 0 aliphatic carbocycles. The fraction of sp³-hybridized carbons (Fsp3) is 0.346. The summed E-state index contributed by atoms with van der Waals surface area (Å²) in [6.07, 6.45) is 2.21. The molecule has 32 heavy (non-hydrogen) atoms. The van der Waals surface area contributed by atoms with Crippen LogP contribution in [-0.4, -0.2) is 43.7 Å². The maximum Gasteiger partial charge on any atom is 0.259 e. The highest BCUT2D eigenvalue weighted by molar-refractivity contribution is 6.05. The van der Waals surface area contributed by atoms with Crippen LogP contribution < -0.4 is 29.3 Å². The molecule has 0 bridgehead atoms. The Morgan fingerprint density at radius 3 is 2.34 bits per heavy atom. The molecule has 1 saturated heterocycles. The monoisotopic (exact) mass is 546 g/mol. The van der Waals surface area contributed by atoms with Crippen LogP contribution in [0.5, 0.6) is 0 Å². The van der Waals surface area contributed by atoms with Crippen molar-refractivity contribution in [1.29, 1.82) is 0 Å². The number of carbonyl (C=O) groups excluding carboxylic acids is 1. The van der Waals surface area contributed by atoms with Gasteiger partial charge in [0.05, 0.1) is 38.9 Å².